The molecule has 0 spiro atoms. The average Bonchev–Trinajstić information content (AvgIpc) is 2.58. The molecule has 0 heterocycles. The highest BCUT2D eigenvalue weighted by Crippen LogP contribution is 2.33. The third kappa shape index (κ3) is 5.00. The zero-order valence-electron chi connectivity index (χ0n) is 13.3. The Kier molecular flexibility index (Phi) is 6.51. The fraction of sp³-hybridized carbons (Fsp3) is 0.143. The van der Waals surface area contributed by atoms with E-state index in [2.05, 4.69) is 36.6 Å². The molecule has 0 saturated heterocycles. The Bertz CT molecular complexity index is 1000. The number of nitrogens with one attached hydrogen (secondary N) is 1. The molecule has 144 valence electrons. The van der Waals surface area contributed by atoms with Crippen molar-refractivity contribution >= 4 is 53.3 Å². The quantitative estimate of drug-likeness (QED) is 0.416. The molecule has 0 aliphatic heterocycles. The smallest absolute Gasteiger partial charge is 0.296 e. The Balaban J connectivity index is 2.22. The van der Waals surface area contributed by atoms with Crippen LogP contribution in [0.4, 0.5) is 11.4 Å². The van der Waals surface area contributed by atoms with Gasteiger partial charge < -0.3 is 5.11 Å². The summed E-state index contributed by atoms with van der Waals surface area (Å²) >= 11 is 6.32. The number of aromatic hydroxyl groups is 1. The molecule has 2 N–H and O–H groups in total. The van der Waals surface area contributed by atoms with Gasteiger partial charge in [-0.2, -0.15) is 0 Å². The molecule has 0 saturated carbocycles. The molecular formula is C14H11Br2N3O7S. The maximum atomic E-state index is 12.4. The lowest BCUT2D eigenvalue weighted by atomic mass is 10.1. The first-order valence-corrected chi connectivity index (χ1v) is 10.2. The van der Waals surface area contributed by atoms with E-state index in [1.54, 1.807) is 12.1 Å². The third-order valence-corrected chi connectivity index (χ3v) is 6.14. The molecule has 13 heteroatoms. The number of sulfonamides is 1. The molecule has 0 fully saturated rings. The minimum Gasteiger partial charge on any atom is -0.506 e. The topological polar surface area (TPSA) is 153 Å². The second-order valence-corrected chi connectivity index (χ2v) is 8.67. The van der Waals surface area contributed by atoms with E-state index in [9.17, 15) is 33.8 Å². The van der Waals surface area contributed by atoms with E-state index in [0.29, 0.717) is 20.6 Å². The predicted octanol–water partition coefficient (Wildman–Crippen LogP) is 3.25. The SMILES string of the molecule is O=[N+]([O-])c1ccc(S(=O)(=O)NCCc2cc(Br)c(O)c(Br)c2)c([N+](=O)[O-])c1. The highest BCUT2D eigenvalue weighted by Gasteiger charge is 2.28. The van der Waals surface area contributed by atoms with Crippen molar-refractivity contribution in [2.45, 2.75) is 11.3 Å². The van der Waals surface area contributed by atoms with E-state index < -0.39 is 36.1 Å². The number of halogens is 2. The zero-order valence-corrected chi connectivity index (χ0v) is 17.2. The number of nitro benzene ring substituents is 2. The van der Waals surface area contributed by atoms with Gasteiger partial charge in [-0.25, -0.2) is 13.1 Å². The highest BCUT2D eigenvalue weighted by atomic mass is 79.9. The summed E-state index contributed by atoms with van der Waals surface area (Å²) in [7, 11) is -4.26. The van der Waals surface area contributed by atoms with Crippen molar-refractivity contribution in [2.24, 2.45) is 0 Å². The van der Waals surface area contributed by atoms with Gasteiger partial charge in [0.15, 0.2) is 4.90 Å². The molecule has 0 aliphatic carbocycles. The van der Waals surface area contributed by atoms with Crippen LogP contribution in [-0.2, 0) is 16.4 Å². The first kappa shape index (κ1) is 21.2. The molecule has 0 aliphatic rings. The zero-order chi connectivity index (χ0) is 20.4. The van der Waals surface area contributed by atoms with E-state index in [1.807, 2.05) is 0 Å². The summed E-state index contributed by atoms with van der Waals surface area (Å²) in [5.74, 6) is 0.000773. The summed E-state index contributed by atoms with van der Waals surface area (Å²) in [6.45, 7) is -0.0832. The number of hydrogen-bond acceptors (Lipinski definition) is 7. The molecule has 10 nitrogen and oxygen atoms in total. The second-order valence-electron chi connectivity index (χ2n) is 5.22. The molecule has 27 heavy (non-hydrogen) atoms. The molecule has 0 bridgehead atoms. The molecular weight excluding hydrogens is 514 g/mol. The van der Waals surface area contributed by atoms with Gasteiger partial charge in [-0.3, -0.25) is 20.2 Å². The molecule has 0 radical (unpaired) electrons. The van der Waals surface area contributed by atoms with Crippen LogP contribution in [0.1, 0.15) is 5.56 Å². The minimum absolute atomic E-state index is 0.000773. The van der Waals surface area contributed by atoms with Crippen molar-refractivity contribution < 1.29 is 23.4 Å². The number of nitrogens with zero attached hydrogens (tertiary/aromatic N) is 2. The first-order chi connectivity index (χ1) is 12.5. The first-order valence-electron chi connectivity index (χ1n) is 7.12. The Labute approximate surface area is 169 Å². The van der Waals surface area contributed by atoms with Gasteiger partial charge in [-0.05, 0) is 62.0 Å². The lowest BCUT2D eigenvalue weighted by Crippen LogP contribution is -2.26. The molecule has 0 unspecified atom stereocenters. The van der Waals surface area contributed by atoms with Crippen molar-refractivity contribution in [3.63, 3.8) is 0 Å². The maximum Gasteiger partial charge on any atom is 0.296 e. The summed E-state index contributed by atoms with van der Waals surface area (Å²) in [5, 5.41) is 31.5. The monoisotopic (exact) mass is 523 g/mol. The second kappa shape index (κ2) is 8.29. The number of rotatable bonds is 7. The lowest BCUT2D eigenvalue weighted by Gasteiger charge is -2.09. The van der Waals surface area contributed by atoms with E-state index in [-0.39, 0.29) is 18.7 Å². The van der Waals surface area contributed by atoms with Crippen LogP contribution in [0.15, 0.2) is 44.2 Å². The Morgan fingerprint density at radius 1 is 1.04 bits per heavy atom. The third-order valence-electron chi connectivity index (χ3n) is 3.42. The average molecular weight is 525 g/mol. The van der Waals surface area contributed by atoms with Crippen LogP contribution in [0, 0.1) is 20.2 Å². The fourth-order valence-electron chi connectivity index (χ4n) is 2.16. The van der Waals surface area contributed by atoms with Crippen LogP contribution in [0.25, 0.3) is 0 Å². The van der Waals surface area contributed by atoms with Crippen molar-refractivity contribution in [2.75, 3.05) is 6.54 Å². The number of non-ortho nitro benzene ring substituents is 1. The molecule has 0 aromatic heterocycles. The molecule has 2 aromatic carbocycles. The fourth-order valence-corrected chi connectivity index (χ4v) is 4.62. The summed E-state index contributed by atoms with van der Waals surface area (Å²) in [6.07, 6.45) is 0.234. The van der Waals surface area contributed by atoms with Gasteiger partial charge >= 0.3 is 0 Å². The number of phenols is 1. The Morgan fingerprint density at radius 2 is 1.63 bits per heavy atom. The van der Waals surface area contributed by atoms with Crippen LogP contribution in [0.3, 0.4) is 0 Å². The Morgan fingerprint density at radius 3 is 2.15 bits per heavy atom. The van der Waals surface area contributed by atoms with E-state index in [4.69, 9.17) is 0 Å². The maximum absolute atomic E-state index is 12.4. The molecule has 2 rings (SSSR count). The minimum atomic E-state index is -4.26. The van der Waals surface area contributed by atoms with Gasteiger partial charge in [0.2, 0.25) is 10.0 Å². The summed E-state index contributed by atoms with van der Waals surface area (Å²) in [5.41, 5.74) is -0.779. The molecule has 0 atom stereocenters. The summed E-state index contributed by atoms with van der Waals surface area (Å²) in [6, 6.07) is 5.51. The van der Waals surface area contributed by atoms with Gasteiger partial charge in [0, 0.05) is 12.6 Å². The van der Waals surface area contributed by atoms with Crippen LogP contribution < -0.4 is 4.72 Å². The summed E-state index contributed by atoms with van der Waals surface area (Å²) in [4.78, 5) is 19.3. The van der Waals surface area contributed by atoms with Crippen molar-refractivity contribution in [3.8, 4) is 5.75 Å². The van der Waals surface area contributed by atoms with Crippen molar-refractivity contribution in [3.05, 3.63) is 65.1 Å². The van der Waals surface area contributed by atoms with Gasteiger partial charge in [0.1, 0.15) is 5.75 Å². The van der Waals surface area contributed by atoms with Crippen molar-refractivity contribution in [1.29, 1.82) is 0 Å². The summed E-state index contributed by atoms with van der Waals surface area (Å²) < 4.78 is 27.8. The number of nitro groups is 2. The van der Waals surface area contributed by atoms with Crippen LogP contribution in [0.5, 0.6) is 5.75 Å². The Hall–Kier alpha value is -2.09. The predicted molar refractivity (Wildman–Crippen MR) is 102 cm³/mol. The number of phenolic OH excluding ortho intramolecular Hbond substituents is 1. The van der Waals surface area contributed by atoms with Crippen LogP contribution in [0.2, 0.25) is 0 Å². The van der Waals surface area contributed by atoms with E-state index in [0.717, 1.165) is 12.1 Å². The van der Waals surface area contributed by atoms with Gasteiger partial charge in [0.25, 0.3) is 11.4 Å². The molecule has 0 amide bonds. The largest absolute Gasteiger partial charge is 0.506 e. The van der Waals surface area contributed by atoms with Gasteiger partial charge in [-0.15, -0.1) is 0 Å². The molecule has 2 aromatic rings. The normalized spacial score (nSPS) is 11.3. The lowest BCUT2D eigenvalue weighted by molar-refractivity contribution is -0.396. The van der Waals surface area contributed by atoms with E-state index in [1.165, 1.54) is 0 Å². The van der Waals surface area contributed by atoms with E-state index >= 15 is 0 Å². The van der Waals surface area contributed by atoms with Crippen LogP contribution >= 0.6 is 31.9 Å². The van der Waals surface area contributed by atoms with Gasteiger partial charge in [0.05, 0.1) is 24.9 Å². The highest BCUT2D eigenvalue weighted by molar-refractivity contribution is 9.11. The van der Waals surface area contributed by atoms with Crippen LogP contribution in [-0.4, -0.2) is 29.9 Å². The standard InChI is InChI=1S/C14H11Br2N3O7S/c15-10-5-8(6-11(16)14(10)20)3-4-17-27(25,26)13-2-1-9(18(21)22)7-12(13)19(23)24/h1-2,5-7,17,20H,3-4H2. The van der Waals surface area contributed by atoms with Gasteiger partial charge in [-0.1, -0.05) is 0 Å². The van der Waals surface area contributed by atoms with Crippen molar-refractivity contribution in [1.82, 2.24) is 4.72 Å². The number of hydrogen-bond donors (Lipinski definition) is 2. The number of benzene rings is 2.